The number of hydrogen-bond acceptors (Lipinski definition) is 4. The zero-order valence-corrected chi connectivity index (χ0v) is 12.0. The minimum atomic E-state index is -0.637. The van der Waals surface area contributed by atoms with Crippen LogP contribution in [0.1, 0.15) is 33.6 Å². The molecule has 1 amide bonds. The third-order valence-corrected chi connectivity index (χ3v) is 3.99. The molecular weight excluding hydrogens is 230 g/mol. The van der Waals surface area contributed by atoms with Crippen LogP contribution >= 0.6 is 0 Å². The number of primary amides is 1. The molecule has 0 aromatic rings. The van der Waals surface area contributed by atoms with Crippen LogP contribution < -0.4 is 11.1 Å². The van der Waals surface area contributed by atoms with Gasteiger partial charge in [0.25, 0.3) is 0 Å². The summed E-state index contributed by atoms with van der Waals surface area (Å²) < 4.78 is 5.40. The molecule has 0 spiro atoms. The topological polar surface area (TPSA) is 67.6 Å². The van der Waals surface area contributed by atoms with Gasteiger partial charge < -0.3 is 15.8 Å². The van der Waals surface area contributed by atoms with Crippen LogP contribution in [0.25, 0.3) is 0 Å². The lowest BCUT2D eigenvalue weighted by molar-refractivity contribution is -0.124. The summed E-state index contributed by atoms with van der Waals surface area (Å²) in [6.45, 7) is 8.37. The molecule has 0 aromatic carbocycles. The minimum Gasteiger partial charge on any atom is -0.380 e. The Bertz CT molecular complexity index is 279. The monoisotopic (exact) mass is 257 g/mol. The molecule has 0 aromatic heterocycles. The predicted octanol–water partition coefficient (Wildman–Crippen LogP) is 0.339. The average molecular weight is 257 g/mol. The SMILES string of the molecule is CCNC(C)(CC(C)N(C)C1CCOC1)C(N)=O. The third kappa shape index (κ3) is 3.67. The van der Waals surface area contributed by atoms with E-state index >= 15 is 0 Å². The Labute approximate surface area is 110 Å². The number of ether oxygens (including phenoxy) is 1. The first-order valence-corrected chi connectivity index (χ1v) is 6.75. The number of carbonyl (C=O) groups is 1. The van der Waals surface area contributed by atoms with E-state index in [4.69, 9.17) is 10.5 Å². The highest BCUT2D eigenvalue weighted by Gasteiger charge is 2.34. The van der Waals surface area contributed by atoms with Gasteiger partial charge in [-0.2, -0.15) is 0 Å². The Hall–Kier alpha value is -0.650. The predicted molar refractivity (Wildman–Crippen MR) is 72.3 cm³/mol. The van der Waals surface area contributed by atoms with Crippen LogP contribution in [0, 0.1) is 0 Å². The zero-order valence-electron chi connectivity index (χ0n) is 12.0. The molecule has 0 saturated carbocycles. The van der Waals surface area contributed by atoms with E-state index in [2.05, 4.69) is 24.2 Å². The van der Waals surface area contributed by atoms with Crippen LogP contribution in [0.5, 0.6) is 0 Å². The van der Waals surface area contributed by atoms with Gasteiger partial charge in [-0.1, -0.05) is 6.92 Å². The van der Waals surface area contributed by atoms with E-state index in [-0.39, 0.29) is 11.9 Å². The van der Waals surface area contributed by atoms with Crippen molar-refractivity contribution in [3.8, 4) is 0 Å². The van der Waals surface area contributed by atoms with Crippen molar-refractivity contribution in [3.63, 3.8) is 0 Å². The molecule has 1 heterocycles. The smallest absolute Gasteiger partial charge is 0.237 e. The third-order valence-electron chi connectivity index (χ3n) is 3.99. The largest absolute Gasteiger partial charge is 0.380 e. The first-order chi connectivity index (χ1) is 8.40. The van der Waals surface area contributed by atoms with Crippen molar-refractivity contribution >= 4 is 5.91 Å². The molecular formula is C13H27N3O2. The van der Waals surface area contributed by atoms with Crippen molar-refractivity contribution in [2.45, 2.75) is 51.2 Å². The molecule has 3 atom stereocenters. The Kier molecular flexibility index (Phi) is 5.56. The Balaban J connectivity index is 2.59. The summed E-state index contributed by atoms with van der Waals surface area (Å²) in [6, 6.07) is 0.743. The van der Waals surface area contributed by atoms with E-state index in [0.29, 0.717) is 12.5 Å². The van der Waals surface area contributed by atoms with Gasteiger partial charge in [0.15, 0.2) is 0 Å². The second kappa shape index (κ2) is 6.50. The number of rotatable bonds is 7. The van der Waals surface area contributed by atoms with E-state index in [0.717, 1.165) is 26.2 Å². The van der Waals surface area contributed by atoms with Gasteiger partial charge in [0.05, 0.1) is 12.1 Å². The highest BCUT2D eigenvalue weighted by atomic mass is 16.5. The number of nitrogens with zero attached hydrogens (tertiary/aromatic N) is 1. The van der Waals surface area contributed by atoms with E-state index in [1.807, 2.05) is 13.8 Å². The van der Waals surface area contributed by atoms with E-state index in [1.165, 1.54) is 0 Å². The standard InChI is InChI=1S/C13H27N3O2/c1-5-15-13(3,12(14)17)8-10(2)16(4)11-6-7-18-9-11/h10-11,15H,5-9H2,1-4H3,(H2,14,17). The maximum absolute atomic E-state index is 11.6. The van der Waals surface area contributed by atoms with Crippen molar-refractivity contribution in [3.05, 3.63) is 0 Å². The lowest BCUT2D eigenvalue weighted by atomic mass is 9.91. The van der Waals surface area contributed by atoms with Gasteiger partial charge >= 0.3 is 0 Å². The van der Waals surface area contributed by atoms with Crippen LogP contribution in [-0.2, 0) is 9.53 Å². The lowest BCUT2D eigenvalue weighted by Crippen LogP contribution is -2.56. The fourth-order valence-corrected chi connectivity index (χ4v) is 2.59. The molecule has 1 aliphatic heterocycles. The second-order valence-electron chi connectivity index (χ2n) is 5.46. The van der Waals surface area contributed by atoms with Gasteiger partial charge in [-0.3, -0.25) is 9.69 Å². The van der Waals surface area contributed by atoms with Gasteiger partial charge in [-0.25, -0.2) is 0 Å². The quantitative estimate of drug-likeness (QED) is 0.690. The number of nitrogens with two attached hydrogens (primary N) is 1. The molecule has 18 heavy (non-hydrogen) atoms. The summed E-state index contributed by atoms with van der Waals surface area (Å²) in [5.41, 5.74) is 4.88. The van der Waals surface area contributed by atoms with E-state index < -0.39 is 5.54 Å². The first-order valence-electron chi connectivity index (χ1n) is 6.75. The molecule has 1 fully saturated rings. The molecule has 3 N–H and O–H groups in total. The van der Waals surface area contributed by atoms with Crippen molar-refractivity contribution in [1.82, 2.24) is 10.2 Å². The molecule has 1 rings (SSSR count). The summed E-state index contributed by atoms with van der Waals surface area (Å²) in [7, 11) is 2.09. The fourth-order valence-electron chi connectivity index (χ4n) is 2.59. The number of nitrogens with one attached hydrogen (secondary N) is 1. The molecule has 0 bridgehead atoms. The highest BCUT2D eigenvalue weighted by Crippen LogP contribution is 2.20. The molecule has 5 nitrogen and oxygen atoms in total. The highest BCUT2D eigenvalue weighted by molar-refractivity contribution is 5.84. The number of likely N-dealkylation sites (N-methyl/N-ethyl adjacent to an activating group) is 2. The summed E-state index contributed by atoms with van der Waals surface area (Å²) in [6.07, 6.45) is 1.78. The van der Waals surface area contributed by atoms with Crippen molar-refractivity contribution in [2.24, 2.45) is 5.73 Å². The van der Waals surface area contributed by atoms with Crippen LogP contribution in [0.4, 0.5) is 0 Å². The molecule has 106 valence electrons. The summed E-state index contributed by atoms with van der Waals surface area (Å²) in [4.78, 5) is 13.9. The maximum atomic E-state index is 11.6. The minimum absolute atomic E-state index is 0.285. The normalized spacial score (nSPS) is 25.1. The fraction of sp³-hybridized carbons (Fsp3) is 0.923. The van der Waals surface area contributed by atoms with Crippen LogP contribution in [0.15, 0.2) is 0 Å². The summed E-state index contributed by atoms with van der Waals surface area (Å²) in [5, 5.41) is 3.20. The van der Waals surface area contributed by atoms with E-state index in [9.17, 15) is 4.79 Å². The van der Waals surface area contributed by atoms with Crippen molar-refractivity contribution in [1.29, 1.82) is 0 Å². The average Bonchev–Trinajstić information content (AvgIpc) is 2.81. The molecule has 5 heteroatoms. The van der Waals surface area contributed by atoms with Gasteiger partial charge in [0.1, 0.15) is 0 Å². The molecule has 1 saturated heterocycles. The van der Waals surface area contributed by atoms with Crippen molar-refractivity contribution in [2.75, 3.05) is 26.8 Å². The van der Waals surface area contributed by atoms with Gasteiger partial charge in [-0.15, -0.1) is 0 Å². The van der Waals surface area contributed by atoms with Gasteiger partial charge in [-0.05, 0) is 40.3 Å². The Morgan fingerprint density at radius 1 is 1.67 bits per heavy atom. The van der Waals surface area contributed by atoms with Gasteiger partial charge in [0, 0.05) is 18.7 Å². The Morgan fingerprint density at radius 2 is 2.33 bits per heavy atom. The van der Waals surface area contributed by atoms with Gasteiger partial charge in [0.2, 0.25) is 5.91 Å². The zero-order chi connectivity index (χ0) is 13.8. The van der Waals surface area contributed by atoms with Crippen LogP contribution in [-0.4, -0.2) is 55.2 Å². The summed E-state index contributed by atoms with van der Waals surface area (Å²) >= 11 is 0. The van der Waals surface area contributed by atoms with E-state index in [1.54, 1.807) is 0 Å². The second-order valence-corrected chi connectivity index (χ2v) is 5.46. The molecule has 3 unspecified atom stereocenters. The summed E-state index contributed by atoms with van der Waals surface area (Å²) in [5.74, 6) is -0.285. The number of carbonyl (C=O) groups excluding carboxylic acids is 1. The van der Waals surface area contributed by atoms with Crippen molar-refractivity contribution < 1.29 is 9.53 Å². The van der Waals surface area contributed by atoms with Crippen LogP contribution in [0.3, 0.4) is 0 Å². The molecule has 0 radical (unpaired) electrons. The van der Waals surface area contributed by atoms with Crippen LogP contribution in [0.2, 0.25) is 0 Å². The number of hydrogen-bond donors (Lipinski definition) is 2. The molecule has 1 aliphatic rings. The number of amides is 1. The maximum Gasteiger partial charge on any atom is 0.237 e. The first kappa shape index (κ1) is 15.4. The molecule has 0 aliphatic carbocycles. The lowest BCUT2D eigenvalue weighted by Gasteiger charge is -2.36. The Morgan fingerprint density at radius 3 is 2.78 bits per heavy atom.